The zero-order valence-corrected chi connectivity index (χ0v) is 9.75. The molecule has 0 fully saturated rings. The summed E-state index contributed by atoms with van der Waals surface area (Å²) in [6.45, 7) is 7.64. The van der Waals surface area contributed by atoms with E-state index in [9.17, 15) is 0 Å². The van der Waals surface area contributed by atoms with E-state index in [0.717, 1.165) is 4.47 Å². The highest BCUT2D eigenvalue weighted by molar-refractivity contribution is 9.10. The van der Waals surface area contributed by atoms with Gasteiger partial charge in [0, 0.05) is 10.0 Å². The van der Waals surface area contributed by atoms with Crippen LogP contribution in [0.1, 0.15) is 5.56 Å². The maximum atomic E-state index is 8.79. The fraction of sp³-hybridized carbons (Fsp3) is 0.0833. The monoisotopic (exact) mass is 263 g/mol. The summed E-state index contributed by atoms with van der Waals surface area (Å²) in [5, 5.41) is 8.79. The van der Waals surface area contributed by atoms with Gasteiger partial charge in [-0.25, -0.2) is 0 Å². The highest BCUT2D eigenvalue weighted by Crippen LogP contribution is 2.28. The molecular formula is C12H10BrNO. The van der Waals surface area contributed by atoms with Crippen molar-refractivity contribution in [1.82, 2.24) is 0 Å². The van der Waals surface area contributed by atoms with Gasteiger partial charge in [0.2, 0.25) is 0 Å². The Labute approximate surface area is 97.6 Å². The molecule has 15 heavy (non-hydrogen) atoms. The molecule has 0 aliphatic heterocycles. The fourth-order valence-electron chi connectivity index (χ4n) is 1.07. The second-order valence-electron chi connectivity index (χ2n) is 2.83. The molecule has 0 N–H and O–H groups in total. The molecule has 2 nitrogen and oxygen atoms in total. The maximum Gasteiger partial charge on any atom is 0.128 e. The standard InChI is InChI=1S/C12H10BrNO/c1-3-6-15-12-5-4-10(13)7-11(12)9(2)8-14/h3-5,7H,1-2,6H2. The summed E-state index contributed by atoms with van der Waals surface area (Å²) in [6, 6.07) is 7.46. The van der Waals surface area contributed by atoms with E-state index < -0.39 is 0 Å². The molecule has 0 unspecified atom stereocenters. The number of allylic oxidation sites excluding steroid dienone is 1. The second kappa shape index (κ2) is 5.38. The number of nitrogens with zero attached hydrogens (tertiary/aromatic N) is 1. The molecule has 0 heterocycles. The van der Waals surface area contributed by atoms with Crippen molar-refractivity contribution in [2.45, 2.75) is 0 Å². The molecule has 0 atom stereocenters. The Balaban J connectivity index is 3.09. The Morgan fingerprint density at radius 2 is 2.33 bits per heavy atom. The fourth-order valence-corrected chi connectivity index (χ4v) is 1.43. The van der Waals surface area contributed by atoms with E-state index in [1.807, 2.05) is 18.2 Å². The molecule has 0 radical (unpaired) electrons. The minimum Gasteiger partial charge on any atom is -0.489 e. The average molecular weight is 264 g/mol. The summed E-state index contributed by atoms with van der Waals surface area (Å²) in [5.41, 5.74) is 1.09. The molecule has 1 rings (SSSR count). The molecule has 0 bridgehead atoms. The summed E-state index contributed by atoms with van der Waals surface area (Å²) in [6.07, 6.45) is 1.65. The number of ether oxygens (including phenoxy) is 1. The number of benzene rings is 1. The quantitative estimate of drug-likeness (QED) is 0.615. The van der Waals surface area contributed by atoms with Gasteiger partial charge in [0.1, 0.15) is 12.4 Å². The van der Waals surface area contributed by atoms with Crippen LogP contribution in [0.15, 0.2) is 41.9 Å². The molecule has 1 aromatic rings. The van der Waals surface area contributed by atoms with Crippen molar-refractivity contribution in [2.75, 3.05) is 6.61 Å². The van der Waals surface area contributed by atoms with Gasteiger partial charge in [0.05, 0.1) is 11.6 Å². The molecule has 0 aliphatic rings. The van der Waals surface area contributed by atoms with Gasteiger partial charge in [0.25, 0.3) is 0 Å². The largest absolute Gasteiger partial charge is 0.489 e. The van der Waals surface area contributed by atoms with Crippen LogP contribution in [0.3, 0.4) is 0 Å². The van der Waals surface area contributed by atoms with Gasteiger partial charge in [-0.1, -0.05) is 35.2 Å². The summed E-state index contributed by atoms with van der Waals surface area (Å²) in [7, 11) is 0. The highest BCUT2D eigenvalue weighted by Gasteiger charge is 2.07. The summed E-state index contributed by atoms with van der Waals surface area (Å²) in [5.74, 6) is 0.643. The van der Waals surface area contributed by atoms with Gasteiger partial charge in [-0.3, -0.25) is 0 Å². The number of nitriles is 1. The van der Waals surface area contributed by atoms with Crippen molar-refractivity contribution in [2.24, 2.45) is 0 Å². The lowest BCUT2D eigenvalue weighted by Crippen LogP contribution is -1.96. The van der Waals surface area contributed by atoms with E-state index >= 15 is 0 Å². The first kappa shape index (κ1) is 11.5. The Morgan fingerprint density at radius 3 is 2.93 bits per heavy atom. The average Bonchev–Trinajstić information content (AvgIpc) is 2.26. The van der Waals surface area contributed by atoms with Crippen molar-refractivity contribution in [3.63, 3.8) is 0 Å². The van der Waals surface area contributed by atoms with E-state index in [2.05, 4.69) is 29.1 Å². The van der Waals surface area contributed by atoms with E-state index in [0.29, 0.717) is 23.5 Å². The number of rotatable bonds is 4. The Hall–Kier alpha value is -1.53. The molecule has 3 heteroatoms. The number of hydrogen-bond acceptors (Lipinski definition) is 2. The van der Waals surface area contributed by atoms with Crippen LogP contribution < -0.4 is 4.74 Å². The van der Waals surface area contributed by atoms with Crippen LogP contribution in [0.5, 0.6) is 5.75 Å². The van der Waals surface area contributed by atoms with Gasteiger partial charge in [-0.15, -0.1) is 0 Å². The van der Waals surface area contributed by atoms with Crippen LogP contribution in [-0.4, -0.2) is 6.61 Å². The topological polar surface area (TPSA) is 33.0 Å². The van der Waals surface area contributed by atoms with Gasteiger partial charge in [0.15, 0.2) is 0 Å². The zero-order valence-electron chi connectivity index (χ0n) is 8.16. The minimum absolute atomic E-state index is 0.385. The van der Waals surface area contributed by atoms with E-state index in [1.165, 1.54) is 0 Å². The lowest BCUT2D eigenvalue weighted by molar-refractivity contribution is 0.362. The molecule has 0 amide bonds. The van der Waals surface area contributed by atoms with Crippen LogP contribution in [0.25, 0.3) is 5.57 Å². The molecule has 76 valence electrons. The summed E-state index contributed by atoms with van der Waals surface area (Å²) >= 11 is 3.34. The Morgan fingerprint density at radius 1 is 1.60 bits per heavy atom. The van der Waals surface area contributed by atoms with E-state index in [4.69, 9.17) is 10.00 Å². The second-order valence-corrected chi connectivity index (χ2v) is 3.75. The predicted molar refractivity (Wildman–Crippen MR) is 64.5 cm³/mol. The summed E-state index contributed by atoms with van der Waals surface area (Å²) < 4.78 is 6.30. The van der Waals surface area contributed by atoms with Gasteiger partial charge < -0.3 is 4.74 Å². The first-order valence-corrected chi connectivity index (χ1v) is 5.11. The van der Waals surface area contributed by atoms with Crippen molar-refractivity contribution in [3.8, 4) is 11.8 Å². The molecule has 0 saturated heterocycles. The molecule has 0 aliphatic carbocycles. The van der Waals surface area contributed by atoms with Gasteiger partial charge >= 0.3 is 0 Å². The van der Waals surface area contributed by atoms with Gasteiger partial charge in [-0.2, -0.15) is 5.26 Å². The van der Waals surface area contributed by atoms with Crippen molar-refractivity contribution < 1.29 is 4.74 Å². The van der Waals surface area contributed by atoms with Crippen LogP contribution in [0.2, 0.25) is 0 Å². The summed E-state index contributed by atoms with van der Waals surface area (Å²) in [4.78, 5) is 0. The first-order valence-electron chi connectivity index (χ1n) is 4.31. The maximum absolute atomic E-state index is 8.79. The smallest absolute Gasteiger partial charge is 0.128 e. The van der Waals surface area contributed by atoms with Crippen LogP contribution >= 0.6 is 15.9 Å². The molecule has 0 saturated carbocycles. The normalized spacial score (nSPS) is 9.07. The first-order chi connectivity index (χ1) is 7.19. The van der Waals surface area contributed by atoms with Crippen molar-refractivity contribution in [3.05, 3.63) is 47.5 Å². The van der Waals surface area contributed by atoms with Crippen LogP contribution in [0, 0.1) is 11.3 Å². The third kappa shape index (κ3) is 2.97. The SMILES string of the molecule is C=CCOc1ccc(Br)cc1C(=C)C#N. The lowest BCUT2D eigenvalue weighted by atomic mass is 10.1. The molecule has 1 aromatic carbocycles. The number of halogens is 1. The van der Waals surface area contributed by atoms with E-state index in [-0.39, 0.29) is 0 Å². The number of hydrogen-bond donors (Lipinski definition) is 0. The highest BCUT2D eigenvalue weighted by atomic mass is 79.9. The Bertz CT molecular complexity index is 432. The molecule has 0 aromatic heterocycles. The third-order valence-corrected chi connectivity index (χ3v) is 2.25. The van der Waals surface area contributed by atoms with Crippen molar-refractivity contribution in [1.29, 1.82) is 5.26 Å². The lowest BCUT2D eigenvalue weighted by Gasteiger charge is -2.09. The third-order valence-electron chi connectivity index (χ3n) is 1.76. The van der Waals surface area contributed by atoms with Crippen LogP contribution in [-0.2, 0) is 0 Å². The molecular weight excluding hydrogens is 254 g/mol. The predicted octanol–water partition coefficient (Wildman–Crippen LogP) is 3.55. The van der Waals surface area contributed by atoms with E-state index in [1.54, 1.807) is 12.1 Å². The molecule has 0 spiro atoms. The minimum atomic E-state index is 0.385. The Kier molecular flexibility index (Phi) is 4.14. The van der Waals surface area contributed by atoms with Crippen LogP contribution in [0.4, 0.5) is 0 Å². The van der Waals surface area contributed by atoms with Crippen molar-refractivity contribution >= 4 is 21.5 Å². The zero-order chi connectivity index (χ0) is 11.3. The van der Waals surface area contributed by atoms with Gasteiger partial charge in [-0.05, 0) is 18.2 Å².